The quantitative estimate of drug-likeness (QED) is 0.853. The summed E-state index contributed by atoms with van der Waals surface area (Å²) in [6, 6.07) is 3.53. The Kier molecular flexibility index (Phi) is 5.25. The fourth-order valence-electron chi connectivity index (χ4n) is 2.36. The molecular weight excluding hydrogens is 313 g/mol. The van der Waals surface area contributed by atoms with Gasteiger partial charge < -0.3 is 15.8 Å². The Morgan fingerprint density at radius 2 is 2.13 bits per heavy atom. The number of hydrogen-bond acceptors (Lipinski definition) is 3. The molecule has 1 saturated heterocycles. The van der Waals surface area contributed by atoms with Gasteiger partial charge in [0.15, 0.2) is 0 Å². The number of ether oxygens (including phenoxy) is 1. The second kappa shape index (κ2) is 6.99. The van der Waals surface area contributed by atoms with Crippen molar-refractivity contribution in [3.05, 3.63) is 35.4 Å². The maximum absolute atomic E-state index is 12.7. The van der Waals surface area contributed by atoms with Gasteiger partial charge in [-0.1, -0.05) is 18.2 Å². The maximum Gasteiger partial charge on any atom is 0.416 e. The largest absolute Gasteiger partial charge is 0.416 e. The molecule has 0 aliphatic carbocycles. The molecule has 2 atom stereocenters. The van der Waals surface area contributed by atoms with Gasteiger partial charge in [0.2, 0.25) is 11.8 Å². The van der Waals surface area contributed by atoms with Crippen molar-refractivity contribution in [3.63, 3.8) is 0 Å². The SMILES string of the molecule is NC(=O)[C@H](Cc1cccc(C(F)(F)F)c1)NC(=O)[C@@H]1CCOC1. The van der Waals surface area contributed by atoms with Gasteiger partial charge in [-0.05, 0) is 18.1 Å². The Hall–Kier alpha value is -2.09. The average molecular weight is 330 g/mol. The second-order valence-electron chi connectivity index (χ2n) is 5.43. The molecular formula is C15H17F3N2O3. The van der Waals surface area contributed by atoms with Gasteiger partial charge in [-0.3, -0.25) is 9.59 Å². The molecule has 1 heterocycles. The van der Waals surface area contributed by atoms with Gasteiger partial charge in [-0.2, -0.15) is 13.2 Å². The van der Waals surface area contributed by atoms with Crippen LogP contribution in [0.2, 0.25) is 0 Å². The minimum atomic E-state index is -4.47. The normalized spacial score (nSPS) is 19.3. The highest BCUT2D eigenvalue weighted by Gasteiger charge is 2.31. The molecule has 2 rings (SSSR count). The zero-order chi connectivity index (χ0) is 17.0. The van der Waals surface area contributed by atoms with Gasteiger partial charge in [0.25, 0.3) is 0 Å². The van der Waals surface area contributed by atoms with E-state index in [0.29, 0.717) is 13.0 Å². The highest BCUT2D eigenvalue weighted by molar-refractivity contribution is 5.87. The van der Waals surface area contributed by atoms with E-state index < -0.39 is 23.7 Å². The highest BCUT2D eigenvalue weighted by Crippen LogP contribution is 2.29. The van der Waals surface area contributed by atoms with E-state index >= 15 is 0 Å². The van der Waals surface area contributed by atoms with Crippen molar-refractivity contribution < 1.29 is 27.5 Å². The summed E-state index contributed by atoms with van der Waals surface area (Å²) in [5.74, 6) is -1.54. The average Bonchev–Trinajstić information content (AvgIpc) is 3.00. The first-order valence-electron chi connectivity index (χ1n) is 7.11. The standard InChI is InChI=1S/C15H17F3N2O3/c16-15(17,18)11-3-1-2-9(6-11)7-12(13(19)21)20-14(22)10-4-5-23-8-10/h1-3,6,10,12H,4-5,7-8H2,(H2,19,21)(H,20,22)/t10-,12+/m1/s1. The number of hydrogen-bond donors (Lipinski definition) is 2. The van der Waals surface area contributed by atoms with Crippen LogP contribution in [0, 0.1) is 5.92 Å². The Bertz CT molecular complexity index is 584. The molecule has 1 aliphatic heterocycles. The number of nitrogens with two attached hydrogens (primary N) is 1. The van der Waals surface area contributed by atoms with E-state index in [-0.39, 0.29) is 30.4 Å². The summed E-state index contributed by atoms with van der Waals surface area (Å²) >= 11 is 0. The van der Waals surface area contributed by atoms with Gasteiger partial charge in [-0.25, -0.2) is 0 Å². The molecule has 1 aromatic rings. The first-order chi connectivity index (χ1) is 10.8. The third-order valence-corrected chi connectivity index (χ3v) is 3.65. The minimum Gasteiger partial charge on any atom is -0.381 e. The van der Waals surface area contributed by atoms with Crippen molar-refractivity contribution >= 4 is 11.8 Å². The summed E-state index contributed by atoms with van der Waals surface area (Å²) in [6.45, 7) is 0.730. The van der Waals surface area contributed by atoms with Crippen molar-refractivity contribution in [2.75, 3.05) is 13.2 Å². The van der Waals surface area contributed by atoms with Crippen LogP contribution >= 0.6 is 0 Å². The van der Waals surface area contributed by atoms with Crippen molar-refractivity contribution in [3.8, 4) is 0 Å². The summed E-state index contributed by atoms with van der Waals surface area (Å²) < 4.78 is 43.2. The number of alkyl halides is 3. The molecule has 5 nitrogen and oxygen atoms in total. The van der Waals surface area contributed by atoms with E-state index in [1.54, 1.807) is 0 Å². The van der Waals surface area contributed by atoms with Gasteiger partial charge in [0.1, 0.15) is 6.04 Å². The Morgan fingerprint density at radius 3 is 2.70 bits per heavy atom. The van der Waals surface area contributed by atoms with E-state index in [4.69, 9.17) is 10.5 Å². The predicted octanol–water partition coefficient (Wildman–Crippen LogP) is 1.25. The number of carbonyl (C=O) groups excluding carboxylic acids is 2. The van der Waals surface area contributed by atoms with E-state index in [1.807, 2.05) is 0 Å². The summed E-state index contributed by atoms with van der Waals surface area (Å²) in [5.41, 5.74) is 4.71. The maximum atomic E-state index is 12.7. The smallest absolute Gasteiger partial charge is 0.381 e. The lowest BCUT2D eigenvalue weighted by atomic mass is 10.0. The van der Waals surface area contributed by atoms with Crippen molar-refractivity contribution in [1.82, 2.24) is 5.32 Å². The lowest BCUT2D eigenvalue weighted by Crippen LogP contribution is -2.48. The molecule has 0 bridgehead atoms. The topological polar surface area (TPSA) is 81.4 Å². The molecule has 0 spiro atoms. The van der Waals surface area contributed by atoms with E-state index in [9.17, 15) is 22.8 Å². The van der Waals surface area contributed by atoms with Gasteiger partial charge in [-0.15, -0.1) is 0 Å². The zero-order valence-electron chi connectivity index (χ0n) is 12.2. The van der Waals surface area contributed by atoms with Crippen LogP contribution in [-0.2, 0) is 26.9 Å². The van der Waals surface area contributed by atoms with Crippen LogP contribution in [-0.4, -0.2) is 31.1 Å². The van der Waals surface area contributed by atoms with Crippen LogP contribution < -0.4 is 11.1 Å². The van der Waals surface area contributed by atoms with E-state index in [2.05, 4.69) is 5.32 Å². The summed E-state index contributed by atoms with van der Waals surface area (Å²) in [7, 11) is 0. The molecule has 0 radical (unpaired) electrons. The number of primary amides is 1. The van der Waals surface area contributed by atoms with Crippen LogP contribution in [0.4, 0.5) is 13.2 Å². The molecule has 1 aliphatic rings. The number of halogens is 3. The number of rotatable bonds is 5. The fourth-order valence-corrected chi connectivity index (χ4v) is 2.36. The first-order valence-corrected chi connectivity index (χ1v) is 7.11. The van der Waals surface area contributed by atoms with E-state index in [1.165, 1.54) is 12.1 Å². The Morgan fingerprint density at radius 1 is 1.39 bits per heavy atom. The van der Waals surface area contributed by atoms with Crippen LogP contribution in [0.1, 0.15) is 17.5 Å². The lowest BCUT2D eigenvalue weighted by molar-refractivity contribution is -0.137. The van der Waals surface area contributed by atoms with Crippen molar-refractivity contribution in [2.24, 2.45) is 11.7 Å². The van der Waals surface area contributed by atoms with E-state index in [0.717, 1.165) is 12.1 Å². The minimum absolute atomic E-state index is 0.0986. The van der Waals surface area contributed by atoms with Crippen LogP contribution in [0.3, 0.4) is 0 Å². The number of benzene rings is 1. The number of nitrogens with one attached hydrogen (secondary N) is 1. The molecule has 1 fully saturated rings. The Balaban J connectivity index is 2.07. The van der Waals surface area contributed by atoms with Crippen LogP contribution in [0.15, 0.2) is 24.3 Å². The third kappa shape index (κ3) is 4.69. The van der Waals surface area contributed by atoms with Gasteiger partial charge in [0, 0.05) is 13.0 Å². The lowest BCUT2D eigenvalue weighted by Gasteiger charge is -2.18. The fraction of sp³-hybridized carbons (Fsp3) is 0.467. The van der Waals surface area contributed by atoms with Crippen molar-refractivity contribution in [1.29, 1.82) is 0 Å². The second-order valence-corrected chi connectivity index (χ2v) is 5.43. The number of carbonyl (C=O) groups is 2. The first kappa shape index (κ1) is 17.3. The van der Waals surface area contributed by atoms with Crippen LogP contribution in [0.5, 0.6) is 0 Å². The molecule has 0 unspecified atom stereocenters. The van der Waals surface area contributed by atoms with Gasteiger partial charge in [0.05, 0.1) is 18.1 Å². The zero-order valence-corrected chi connectivity index (χ0v) is 12.2. The summed E-state index contributed by atoms with van der Waals surface area (Å²) in [5, 5.41) is 2.49. The Labute approximate surface area is 131 Å². The number of amides is 2. The summed E-state index contributed by atoms with van der Waals surface area (Å²) in [4.78, 5) is 23.5. The molecule has 1 aromatic carbocycles. The van der Waals surface area contributed by atoms with Crippen LogP contribution in [0.25, 0.3) is 0 Å². The molecule has 0 aromatic heterocycles. The van der Waals surface area contributed by atoms with Crippen molar-refractivity contribution in [2.45, 2.75) is 25.1 Å². The molecule has 2 amide bonds. The molecule has 23 heavy (non-hydrogen) atoms. The molecule has 3 N–H and O–H groups in total. The molecule has 0 saturated carbocycles. The third-order valence-electron chi connectivity index (χ3n) is 3.65. The highest BCUT2D eigenvalue weighted by atomic mass is 19.4. The predicted molar refractivity (Wildman–Crippen MR) is 75.2 cm³/mol. The van der Waals surface area contributed by atoms with Gasteiger partial charge >= 0.3 is 6.18 Å². The molecule has 8 heteroatoms. The molecule has 126 valence electrons. The summed E-state index contributed by atoms with van der Waals surface area (Å²) in [6.07, 6.45) is -4.03. The monoisotopic (exact) mass is 330 g/mol.